The number of nitrogens with one attached hydrogen (secondary N) is 1. The Bertz CT molecular complexity index is 557. The zero-order valence-electron chi connectivity index (χ0n) is 12.4. The van der Waals surface area contributed by atoms with E-state index in [0.29, 0.717) is 6.54 Å². The largest absolute Gasteiger partial charge is 0.460 e. The maximum atomic E-state index is 11.9. The first kappa shape index (κ1) is 16.2. The third-order valence-electron chi connectivity index (χ3n) is 3.34. The molecule has 2 aromatic rings. The lowest BCUT2D eigenvalue weighted by atomic mass is 10.1. The summed E-state index contributed by atoms with van der Waals surface area (Å²) >= 11 is 0. The zero-order chi connectivity index (χ0) is 15.6. The van der Waals surface area contributed by atoms with Crippen molar-refractivity contribution in [3.8, 4) is 0 Å². The second-order valence-corrected chi connectivity index (χ2v) is 5.02. The number of rotatable bonds is 8. The summed E-state index contributed by atoms with van der Waals surface area (Å²) in [7, 11) is 0. The van der Waals surface area contributed by atoms with E-state index in [0.717, 1.165) is 12.0 Å². The third-order valence-corrected chi connectivity index (χ3v) is 3.34. The number of hydrogen-bond donors (Lipinski definition) is 2. The molecule has 4 nitrogen and oxygen atoms in total. The molecule has 0 aromatic heterocycles. The SMILES string of the molecule is O=C(OCc1ccccc1)[C@H](CO)NCCc1ccccc1. The van der Waals surface area contributed by atoms with Crippen LogP contribution in [0.3, 0.4) is 0 Å². The minimum Gasteiger partial charge on any atom is -0.460 e. The predicted octanol–water partition coefficient (Wildman–Crippen LogP) is 1.92. The fourth-order valence-electron chi connectivity index (χ4n) is 2.09. The third kappa shape index (κ3) is 5.31. The van der Waals surface area contributed by atoms with Gasteiger partial charge in [0.2, 0.25) is 0 Å². The van der Waals surface area contributed by atoms with Gasteiger partial charge in [-0.15, -0.1) is 0 Å². The van der Waals surface area contributed by atoms with E-state index in [1.165, 1.54) is 5.56 Å². The normalized spacial score (nSPS) is 11.9. The van der Waals surface area contributed by atoms with Crippen LogP contribution in [0.25, 0.3) is 0 Å². The zero-order valence-corrected chi connectivity index (χ0v) is 12.4. The lowest BCUT2D eigenvalue weighted by Crippen LogP contribution is -2.41. The molecule has 1 atom stereocenters. The number of carbonyl (C=O) groups is 1. The minimum absolute atomic E-state index is 0.219. The Morgan fingerprint density at radius 3 is 2.18 bits per heavy atom. The monoisotopic (exact) mass is 299 g/mol. The molecule has 0 unspecified atom stereocenters. The summed E-state index contributed by atoms with van der Waals surface area (Å²) in [6.45, 7) is 0.550. The molecule has 2 rings (SSSR count). The molecule has 0 bridgehead atoms. The van der Waals surface area contributed by atoms with Crippen LogP contribution in [0.2, 0.25) is 0 Å². The average molecular weight is 299 g/mol. The molecule has 0 saturated carbocycles. The molecule has 2 N–H and O–H groups in total. The summed E-state index contributed by atoms with van der Waals surface area (Å²) in [4.78, 5) is 11.9. The molecule has 2 aromatic carbocycles. The maximum Gasteiger partial charge on any atom is 0.325 e. The van der Waals surface area contributed by atoms with Crippen LogP contribution in [0.1, 0.15) is 11.1 Å². The standard InChI is InChI=1S/C18H21NO3/c20-13-17(19-12-11-15-7-3-1-4-8-15)18(21)22-14-16-9-5-2-6-10-16/h1-10,17,19-20H,11-14H2/t17-/m0/s1. The van der Waals surface area contributed by atoms with Gasteiger partial charge in [0, 0.05) is 6.54 Å². The molecule has 116 valence electrons. The smallest absolute Gasteiger partial charge is 0.325 e. The van der Waals surface area contributed by atoms with Gasteiger partial charge in [-0.1, -0.05) is 60.7 Å². The van der Waals surface area contributed by atoms with Crippen molar-refractivity contribution >= 4 is 5.97 Å². The van der Waals surface area contributed by atoms with Crippen LogP contribution in [0.4, 0.5) is 0 Å². The van der Waals surface area contributed by atoms with Crippen LogP contribution in [0, 0.1) is 0 Å². The highest BCUT2D eigenvalue weighted by atomic mass is 16.5. The molecule has 0 aliphatic carbocycles. The summed E-state index contributed by atoms with van der Waals surface area (Å²) < 4.78 is 5.22. The van der Waals surface area contributed by atoms with Crippen molar-refractivity contribution in [3.63, 3.8) is 0 Å². The molecular formula is C18H21NO3. The van der Waals surface area contributed by atoms with E-state index in [1.807, 2.05) is 60.7 Å². The minimum atomic E-state index is -0.688. The number of benzene rings is 2. The Balaban J connectivity index is 1.74. The van der Waals surface area contributed by atoms with Gasteiger partial charge in [0.1, 0.15) is 12.6 Å². The molecule has 0 heterocycles. The van der Waals surface area contributed by atoms with Gasteiger partial charge in [-0.25, -0.2) is 0 Å². The summed E-state index contributed by atoms with van der Waals surface area (Å²) in [5.74, 6) is -0.431. The van der Waals surface area contributed by atoms with Crippen molar-refractivity contribution in [2.24, 2.45) is 0 Å². The van der Waals surface area contributed by atoms with Crippen LogP contribution in [-0.2, 0) is 22.6 Å². The van der Waals surface area contributed by atoms with E-state index in [9.17, 15) is 9.90 Å². The molecule has 0 amide bonds. The van der Waals surface area contributed by atoms with Gasteiger partial charge in [-0.2, -0.15) is 0 Å². The second-order valence-electron chi connectivity index (χ2n) is 5.02. The van der Waals surface area contributed by atoms with Gasteiger partial charge in [-0.05, 0) is 17.5 Å². The first-order chi connectivity index (χ1) is 10.8. The molecular weight excluding hydrogens is 278 g/mol. The molecule has 0 spiro atoms. The Kier molecular flexibility index (Phi) is 6.61. The summed E-state index contributed by atoms with van der Waals surface area (Å²) in [5, 5.41) is 12.4. The summed E-state index contributed by atoms with van der Waals surface area (Å²) in [6, 6.07) is 18.8. The number of ether oxygens (including phenoxy) is 1. The van der Waals surface area contributed by atoms with E-state index >= 15 is 0 Å². The van der Waals surface area contributed by atoms with Crippen LogP contribution >= 0.6 is 0 Å². The highest BCUT2D eigenvalue weighted by molar-refractivity contribution is 5.75. The highest BCUT2D eigenvalue weighted by Crippen LogP contribution is 2.02. The van der Waals surface area contributed by atoms with Gasteiger partial charge in [0.15, 0.2) is 0 Å². The first-order valence-corrected chi connectivity index (χ1v) is 7.38. The van der Waals surface area contributed by atoms with Crippen molar-refractivity contribution in [2.75, 3.05) is 13.2 Å². The van der Waals surface area contributed by atoms with Crippen molar-refractivity contribution in [3.05, 3.63) is 71.8 Å². The molecule has 0 aliphatic heterocycles. The van der Waals surface area contributed by atoms with E-state index < -0.39 is 12.0 Å². The Morgan fingerprint density at radius 2 is 1.59 bits per heavy atom. The van der Waals surface area contributed by atoms with Crippen LogP contribution in [-0.4, -0.2) is 30.3 Å². The lowest BCUT2D eigenvalue weighted by molar-refractivity contribution is -0.148. The fraction of sp³-hybridized carbons (Fsp3) is 0.278. The van der Waals surface area contributed by atoms with Crippen molar-refractivity contribution in [1.29, 1.82) is 0 Å². The fourth-order valence-corrected chi connectivity index (χ4v) is 2.09. The lowest BCUT2D eigenvalue weighted by Gasteiger charge is -2.15. The van der Waals surface area contributed by atoms with Crippen LogP contribution < -0.4 is 5.32 Å². The van der Waals surface area contributed by atoms with E-state index in [2.05, 4.69) is 5.32 Å². The van der Waals surface area contributed by atoms with Gasteiger partial charge in [-0.3, -0.25) is 4.79 Å². The van der Waals surface area contributed by atoms with Gasteiger partial charge in [0.25, 0.3) is 0 Å². The van der Waals surface area contributed by atoms with Crippen molar-refractivity contribution < 1.29 is 14.6 Å². The van der Waals surface area contributed by atoms with Crippen LogP contribution in [0.15, 0.2) is 60.7 Å². The molecule has 0 saturated heterocycles. The maximum absolute atomic E-state index is 11.9. The molecule has 0 aliphatic rings. The van der Waals surface area contributed by atoms with E-state index in [1.54, 1.807) is 0 Å². The van der Waals surface area contributed by atoms with E-state index in [-0.39, 0.29) is 13.2 Å². The topological polar surface area (TPSA) is 58.6 Å². The molecule has 0 fully saturated rings. The number of aliphatic hydroxyl groups is 1. The summed E-state index contributed by atoms with van der Waals surface area (Å²) in [5.41, 5.74) is 2.11. The number of aliphatic hydroxyl groups excluding tert-OH is 1. The average Bonchev–Trinajstić information content (AvgIpc) is 2.58. The quantitative estimate of drug-likeness (QED) is 0.731. The van der Waals surface area contributed by atoms with Crippen molar-refractivity contribution in [1.82, 2.24) is 5.32 Å². The van der Waals surface area contributed by atoms with Crippen LogP contribution in [0.5, 0.6) is 0 Å². The molecule has 0 radical (unpaired) electrons. The summed E-state index contributed by atoms with van der Waals surface area (Å²) in [6.07, 6.45) is 0.795. The molecule has 22 heavy (non-hydrogen) atoms. The molecule has 4 heteroatoms. The Morgan fingerprint density at radius 1 is 1.00 bits per heavy atom. The van der Waals surface area contributed by atoms with Gasteiger partial charge >= 0.3 is 5.97 Å². The number of hydrogen-bond acceptors (Lipinski definition) is 4. The Hall–Kier alpha value is -2.17. The Labute approximate surface area is 130 Å². The predicted molar refractivity (Wildman–Crippen MR) is 85.3 cm³/mol. The highest BCUT2D eigenvalue weighted by Gasteiger charge is 2.18. The number of esters is 1. The second kappa shape index (κ2) is 8.97. The van der Waals surface area contributed by atoms with Gasteiger partial charge < -0.3 is 15.2 Å². The number of carbonyl (C=O) groups excluding carboxylic acids is 1. The van der Waals surface area contributed by atoms with Gasteiger partial charge in [0.05, 0.1) is 6.61 Å². The van der Waals surface area contributed by atoms with Crippen molar-refractivity contribution in [2.45, 2.75) is 19.1 Å². The van der Waals surface area contributed by atoms with E-state index in [4.69, 9.17) is 4.74 Å². The first-order valence-electron chi connectivity index (χ1n) is 7.38.